The highest BCUT2D eigenvalue weighted by molar-refractivity contribution is 6.31. The standard InChI is InChI=1S/C16H19ClN4O3/c1-3-13(16(22)19-15-8-10(2)23-21-15)24-20-14(18)9-11-6-4-5-7-12(11)17/h4-8,13H,3,9H2,1-2H3,(H2,18,20)(H,19,21,22). The van der Waals surface area contributed by atoms with Gasteiger partial charge in [0.1, 0.15) is 11.6 Å². The second kappa shape index (κ2) is 8.35. The third-order valence-corrected chi connectivity index (χ3v) is 3.54. The van der Waals surface area contributed by atoms with E-state index in [1.807, 2.05) is 18.2 Å². The summed E-state index contributed by atoms with van der Waals surface area (Å²) in [7, 11) is 0. The van der Waals surface area contributed by atoms with E-state index in [9.17, 15) is 4.79 Å². The number of amides is 1. The van der Waals surface area contributed by atoms with Gasteiger partial charge in [0.05, 0.1) is 0 Å². The van der Waals surface area contributed by atoms with Gasteiger partial charge in [-0.3, -0.25) is 4.79 Å². The molecule has 0 bridgehead atoms. The zero-order chi connectivity index (χ0) is 17.5. The van der Waals surface area contributed by atoms with Gasteiger partial charge >= 0.3 is 0 Å². The van der Waals surface area contributed by atoms with Gasteiger partial charge in [-0.15, -0.1) is 0 Å². The minimum Gasteiger partial charge on any atom is -0.384 e. The quantitative estimate of drug-likeness (QED) is 0.454. The van der Waals surface area contributed by atoms with Crippen molar-refractivity contribution in [2.24, 2.45) is 10.9 Å². The number of oxime groups is 1. The summed E-state index contributed by atoms with van der Waals surface area (Å²) in [6.07, 6.45) is -0.0297. The fourth-order valence-electron chi connectivity index (χ4n) is 1.94. The molecule has 1 aromatic carbocycles. The minimum atomic E-state index is -0.785. The predicted molar refractivity (Wildman–Crippen MR) is 91.8 cm³/mol. The Morgan fingerprint density at radius 2 is 2.25 bits per heavy atom. The predicted octanol–water partition coefficient (Wildman–Crippen LogP) is 2.89. The Labute approximate surface area is 144 Å². The van der Waals surface area contributed by atoms with Crippen molar-refractivity contribution in [1.82, 2.24) is 5.16 Å². The molecular weight excluding hydrogens is 332 g/mol. The summed E-state index contributed by atoms with van der Waals surface area (Å²) >= 11 is 6.07. The lowest BCUT2D eigenvalue weighted by Gasteiger charge is -2.12. The Balaban J connectivity index is 1.94. The first-order valence-electron chi connectivity index (χ1n) is 7.45. The van der Waals surface area contributed by atoms with Crippen LogP contribution in [0, 0.1) is 6.92 Å². The fraction of sp³-hybridized carbons (Fsp3) is 0.312. The molecular formula is C16H19ClN4O3. The van der Waals surface area contributed by atoms with E-state index in [2.05, 4.69) is 15.6 Å². The number of benzene rings is 1. The second-order valence-electron chi connectivity index (χ2n) is 5.17. The van der Waals surface area contributed by atoms with Crippen molar-refractivity contribution in [3.63, 3.8) is 0 Å². The smallest absolute Gasteiger partial charge is 0.269 e. The lowest BCUT2D eigenvalue weighted by atomic mass is 10.1. The van der Waals surface area contributed by atoms with Crippen molar-refractivity contribution in [2.75, 3.05) is 5.32 Å². The first-order chi connectivity index (χ1) is 11.5. The summed E-state index contributed by atoms with van der Waals surface area (Å²) < 4.78 is 4.89. The van der Waals surface area contributed by atoms with Gasteiger partial charge in [0.15, 0.2) is 5.82 Å². The third kappa shape index (κ3) is 4.99. The number of nitrogens with two attached hydrogens (primary N) is 1. The van der Waals surface area contributed by atoms with Crippen LogP contribution in [-0.2, 0) is 16.1 Å². The van der Waals surface area contributed by atoms with Crippen molar-refractivity contribution in [3.8, 4) is 0 Å². The number of nitrogens with one attached hydrogen (secondary N) is 1. The van der Waals surface area contributed by atoms with Gasteiger partial charge in [-0.1, -0.05) is 47.0 Å². The molecule has 24 heavy (non-hydrogen) atoms. The molecule has 3 N–H and O–H groups in total. The number of nitrogens with zero attached hydrogens (tertiary/aromatic N) is 2. The molecule has 0 aliphatic carbocycles. The number of halogens is 1. The number of hydrogen-bond donors (Lipinski definition) is 2. The number of anilines is 1. The van der Waals surface area contributed by atoms with Crippen LogP contribution in [0.4, 0.5) is 5.82 Å². The van der Waals surface area contributed by atoms with Gasteiger partial charge in [-0.2, -0.15) is 0 Å². The Morgan fingerprint density at radius 1 is 1.50 bits per heavy atom. The van der Waals surface area contributed by atoms with Crippen LogP contribution >= 0.6 is 11.6 Å². The van der Waals surface area contributed by atoms with E-state index in [1.54, 1.807) is 26.0 Å². The molecule has 1 unspecified atom stereocenters. The van der Waals surface area contributed by atoms with E-state index < -0.39 is 6.10 Å². The van der Waals surface area contributed by atoms with E-state index in [1.165, 1.54) is 0 Å². The van der Waals surface area contributed by atoms with E-state index in [4.69, 9.17) is 26.7 Å². The number of rotatable bonds is 7. The summed E-state index contributed by atoms with van der Waals surface area (Å²) in [5.74, 6) is 0.778. The number of amidine groups is 1. The lowest BCUT2D eigenvalue weighted by molar-refractivity contribution is -0.127. The molecule has 0 saturated carbocycles. The van der Waals surface area contributed by atoms with Gasteiger partial charge in [-0.05, 0) is 25.0 Å². The minimum absolute atomic E-state index is 0.228. The summed E-state index contributed by atoms with van der Waals surface area (Å²) in [6, 6.07) is 8.92. The molecule has 0 radical (unpaired) electrons. The number of carbonyl (C=O) groups is 1. The summed E-state index contributed by atoms with van der Waals surface area (Å²) in [5.41, 5.74) is 6.67. The zero-order valence-electron chi connectivity index (χ0n) is 13.5. The topological polar surface area (TPSA) is 103 Å². The third-order valence-electron chi connectivity index (χ3n) is 3.17. The van der Waals surface area contributed by atoms with Crippen molar-refractivity contribution < 1.29 is 14.2 Å². The van der Waals surface area contributed by atoms with E-state index in [0.29, 0.717) is 29.4 Å². The highest BCUT2D eigenvalue weighted by Crippen LogP contribution is 2.15. The number of hydrogen-bond acceptors (Lipinski definition) is 5. The van der Waals surface area contributed by atoms with Crippen LogP contribution in [0.2, 0.25) is 5.02 Å². The van der Waals surface area contributed by atoms with Crippen molar-refractivity contribution >= 4 is 29.2 Å². The van der Waals surface area contributed by atoms with E-state index >= 15 is 0 Å². The molecule has 1 atom stereocenters. The Morgan fingerprint density at radius 3 is 2.88 bits per heavy atom. The first-order valence-corrected chi connectivity index (χ1v) is 7.83. The van der Waals surface area contributed by atoms with Crippen LogP contribution in [0.3, 0.4) is 0 Å². The normalized spacial score (nSPS) is 12.7. The second-order valence-corrected chi connectivity index (χ2v) is 5.57. The van der Waals surface area contributed by atoms with Crippen LogP contribution < -0.4 is 11.1 Å². The zero-order valence-corrected chi connectivity index (χ0v) is 14.2. The van der Waals surface area contributed by atoms with Crippen LogP contribution in [0.25, 0.3) is 0 Å². The van der Waals surface area contributed by atoms with E-state index in [-0.39, 0.29) is 11.7 Å². The average Bonchev–Trinajstić information content (AvgIpc) is 2.95. The number of carbonyl (C=O) groups excluding carboxylic acids is 1. The maximum absolute atomic E-state index is 12.1. The van der Waals surface area contributed by atoms with Crippen LogP contribution in [0.5, 0.6) is 0 Å². The highest BCUT2D eigenvalue weighted by Gasteiger charge is 2.19. The Hall–Kier alpha value is -2.54. The summed E-state index contributed by atoms with van der Waals surface area (Å²) in [6.45, 7) is 3.54. The molecule has 2 aromatic rings. The molecule has 0 aliphatic heterocycles. The maximum Gasteiger partial charge on any atom is 0.269 e. The van der Waals surface area contributed by atoms with Gasteiger partial charge in [-0.25, -0.2) is 0 Å². The molecule has 0 saturated heterocycles. The summed E-state index contributed by atoms with van der Waals surface area (Å²) in [5, 5.41) is 10.7. The highest BCUT2D eigenvalue weighted by atomic mass is 35.5. The molecule has 7 nitrogen and oxygen atoms in total. The largest absolute Gasteiger partial charge is 0.384 e. The first kappa shape index (κ1) is 17.8. The molecule has 8 heteroatoms. The van der Waals surface area contributed by atoms with Crippen molar-refractivity contribution in [3.05, 3.63) is 46.7 Å². The monoisotopic (exact) mass is 350 g/mol. The molecule has 1 aromatic heterocycles. The SMILES string of the molecule is CCC(ON=C(N)Cc1ccccc1Cl)C(=O)Nc1cc(C)on1. The van der Waals surface area contributed by atoms with Crippen molar-refractivity contribution in [2.45, 2.75) is 32.8 Å². The molecule has 0 spiro atoms. The maximum atomic E-state index is 12.1. The fourth-order valence-corrected chi connectivity index (χ4v) is 2.14. The molecule has 1 heterocycles. The van der Waals surface area contributed by atoms with Crippen LogP contribution in [0.1, 0.15) is 24.7 Å². The van der Waals surface area contributed by atoms with Crippen molar-refractivity contribution in [1.29, 1.82) is 0 Å². The van der Waals surface area contributed by atoms with Crippen LogP contribution in [-0.4, -0.2) is 23.0 Å². The van der Waals surface area contributed by atoms with Gasteiger partial charge in [0.25, 0.3) is 5.91 Å². The van der Waals surface area contributed by atoms with Gasteiger partial charge < -0.3 is 20.4 Å². The number of aryl methyl sites for hydroxylation is 1. The van der Waals surface area contributed by atoms with E-state index in [0.717, 1.165) is 5.56 Å². The molecule has 128 valence electrons. The van der Waals surface area contributed by atoms with Crippen LogP contribution in [0.15, 0.2) is 40.0 Å². The molecule has 0 aliphatic rings. The molecule has 0 fully saturated rings. The van der Waals surface area contributed by atoms with Gasteiger partial charge in [0.2, 0.25) is 6.10 Å². The average molecular weight is 351 g/mol. The van der Waals surface area contributed by atoms with Gasteiger partial charge in [0, 0.05) is 17.5 Å². The summed E-state index contributed by atoms with van der Waals surface area (Å²) in [4.78, 5) is 17.4. The Kier molecular flexibility index (Phi) is 6.20. The molecule has 1 amide bonds. The molecule has 2 rings (SSSR count). The number of aromatic nitrogens is 1. The Bertz CT molecular complexity index is 730. The lowest BCUT2D eigenvalue weighted by Crippen LogP contribution is -2.29.